The van der Waals surface area contributed by atoms with Crippen LogP contribution in [0.1, 0.15) is 17.3 Å². The maximum Gasteiger partial charge on any atom is 0.0818 e. The second kappa shape index (κ2) is 6.88. The van der Waals surface area contributed by atoms with Gasteiger partial charge >= 0.3 is 0 Å². The van der Waals surface area contributed by atoms with Gasteiger partial charge in [0.2, 0.25) is 0 Å². The van der Waals surface area contributed by atoms with Crippen molar-refractivity contribution in [2.24, 2.45) is 5.73 Å². The molecule has 0 saturated carbocycles. The molecule has 1 atom stereocenters. The first kappa shape index (κ1) is 15.0. The van der Waals surface area contributed by atoms with E-state index in [9.17, 15) is 0 Å². The second-order valence-electron chi connectivity index (χ2n) is 5.19. The molecule has 0 radical (unpaired) electrons. The zero-order valence-electron chi connectivity index (χ0n) is 12.0. The molecule has 1 heterocycles. The molecule has 2 N–H and O–H groups in total. The van der Waals surface area contributed by atoms with Crippen LogP contribution < -0.4 is 5.73 Å². The summed E-state index contributed by atoms with van der Waals surface area (Å²) in [7, 11) is 4.08. The minimum Gasteiger partial charge on any atom is -0.324 e. The van der Waals surface area contributed by atoms with Crippen LogP contribution in [0.15, 0.2) is 36.5 Å². The summed E-state index contributed by atoms with van der Waals surface area (Å²) < 4.78 is 1.95. The summed E-state index contributed by atoms with van der Waals surface area (Å²) in [6.45, 7) is 1.74. The molecule has 20 heavy (non-hydrogen) atoms. The van der Waals surface area contributed by atoms with Crippen LogP contribution in [0.5, 0.6) is 0 Å². The third-order valence-electron chi connectivity index (χ3n) is 3.30. The van der Waals surface area contributed by atoms with Gasteiger partial charge in [-0.05, 0) is 19.7 Å². The average molecular weight is 293 g/mol. The predicted molar refractivity (Wildman–Crippen MR) is 82.9 cm³/mol. The summed E-state index contributed by atoms with van der Waals surface area (Å²) in [5, 5.41) is 5.03. The summed E-state index contributed by atoms with van der Waals surface area (Å²) in [6, 6.07) is 10.0. The van der Waals surface area contributed by atoms with E-state index in [0.717, 1.165) is 24.3 Å². The van der Waals surface area contributed by atoms with Crippen molar-refractivity contribution in [2.45, 2.75) is 19.0 Å². The molecule has 1 unspecified atom stereocenters. The van der Waals surface area contributed by atoms with Crippen LogP contribution in [0.25, 0.3) is 0 Å². The van der Waals surface area contributed by atoms with Gasteiger partial charge in [0.05, 0.1) is 23.5 Å². The van der Waals surface area contributed by atoms with E-state index >= 15 is 0 Å². The smallest absolute Gasteiger partial charge is 0.0818 e. The number of likely N-dealkylation sites (N-methyl/N-ethyl adjacent to an activating group) is 1. The molecule has 0 aliphatic heterocycles. The molecule has 0 saturated heterocycles. The number of benzene rings is 1. The van der Waals surface area contributed by atoms with Gasteiger partial charge in [-0.3, -0.25) is 4.68 Å². The predicted octanol–water partition coefficient (Wildman–Crippen LogP) is 2.34. The molecule has 108 valence electrons. The van der Waals surface area contributed by atoms with E-state index in [0.29, 0.717) is 11.4 Å². The minimum atomic E-state index is -0.0662. The maximum absolute atomic E-state index is 6.27. The van der Waals surface area contributed by atoms with E-state index in [-0.39, 0.29) is 6.04 Å². The van der Waals surface area contributed by atoms with Gasteiger partial charge in [0.25, 0.3) is 0 Å². The Morgan fingerprint density at radius 2 is 2.00 bits per heavy atom. The lowest BCUT2D eigenvalue weighted by molar-refractivity contribution is 0.368. The van der Waals surface area contributed by atoms with E-state index in [1.54, 1.807) is 6.20 Å². The van der Waals surface area contributed by atoms with Gasteiger partial charge in [0, 0.05) is 19.0 Å². The van der Waals surface area contributed by atoms with E-state index in [1.165, 1.54) is 0 Å². The standard InChI is InChI=1S/C15H21ClN4/c1-19(2)8-9-20-15(13(16)11-18-20)10-14(17)12-6-4-3-5-7-12/h3-7,11,14H,8-10,17H2,1-2H3. The lowest BCUT2D eigenvalue weighted by Crippen LogP contribution is -2.22. The molecule has 1 aromatic carbocycles. The zero-order valence-corrected chi connectivity index (χ0v) is 12.7. The fourth-order valence-corrected chi connectivity index (χ4v) is 2.32. The Morgan fingerprint density at radius 1 is 1.30 bits per heavy atom. The van der Waals surface area contributed by atoms with Crippen molar-refractivity contribution in [3.05, 3.63) is 52.8 Å². The van der Waals surface area contributed by atoms with Crippen LogP contribution in [0.3, 0.4) is 0 Å². The number of hydrogen-bond acceptors (Lipinski definition) is 3. The number of nitrogens with zero attached hydrogens (tertiary/aromatic N) is 3. The van der Waals surface area contributed by atoms with E-state index in [4.69, 9.17) is 17.3 Å². The van der Waals surface area contributed by atoms with Gasteiger partial charge in [-0.1, -0.05) is 41.9 Å². The van der Waals surface area contributed by atoms with Gasteiger partial charge in [-0.25, -0.2) is 0 Å². The Labute approximate surface area is 125 Å². The minimum absolute atomic E-state index is 0.0662. The molecule has 2 rings (SSSR count). The Morgan fingerprint density at radius 3 is 2.65 bits per heavy atom. The van der Waals surface area contributed by atoms with Crippen LogP contribution in [0, 0.1) is 0 Å². The summed E-state index contributed by atoms with van der Waals surface area (Å²) in [4.78, 5) is 2.12. The Balaban J connectivity index is 2.10. The van der Waals surface area contributed by atoms with Crippen molar-refractivity contribution in [1.82, 2.24) is 14.7 Å². The Hall–Kier alpha value is -1.36. The van der Waals surface area contributed by atoms with Crippen LogP contribution in [0.2, 0.25) is 5.02 Å². The third-order valence-corrected chi connectivity index (χ3v) is 3.61. The van der Waals surface area contributed by atoms with Crippen molar-refractivity contribution in [3.63, 3.8) is 0 Å². The van der Waals surface area contributed by atoms with Gasteiger partial charge in [0.15, 0.2) is 0 Å². The maximum atomic E-state index is 6.27. The fourth-order valence-electron chi connectivity index (χ4n) is 2.10. The zero-order chi connectivity index (χ0) is 14.5. The number of rotatable bonds is 6. The fraction of sp³-hybridized carbons (Fsp3) is 0.400. The molecular weight excluding hydrogens is 272 g/mol. The summed E-state index contributed by atoms with van der Waals surface area (Å²) in [5.74, 6) is 0. The second-order valence-corrected chi connectivity index (χ2v) is 5.59. The number of aromatic nitrogens is 2. The van der Waals surface area contributed by atoms with Gasteiger partial charge in [0.1, 0.15) is 0 Å². The van der Waals surface area contributed by atoms with Gasteiger partial charge in [-0.2, -0.15) is 5.10 Å². The first-order valence-electron chi connectivity index (χ1n) is 6.73. The van der Waals surface area contributed by atoms with Crippen molar-refractivity contribution in [3.8, 4) is 0 Å². The number of hydrogen-bond donors (Lipinski definition) is 1. The van der Waals surface area contributed by atoms with E-state index < -0.39 is 0 Å². The Kier molecular flexibility index (Phi) is 5.17. The van der Waals surface area contributed by atoms with Crippen LogP contribution in [-0.2, 0) is 13.0 Å². The normalized spacial score (nSPS) is 12.8. The highest BCUT2D eigenvalue weighted by Gasteiger charge is 2.14. The van der Waals surface area contributed by atoms with Crippen molar-refractivity contribution in [1.29, 1.82) is 0 Å². The quantitative estimate of drug-likeness (QED) is 0.889. The molecule has 2 aromatic rings. The molecule has 1 aromatic heterocycles. The summed E-state index contributed by atoms with van der Waals surface area (Å²) in [5.41, 5.74) is 8.39. The van der Waals surface area contributed by atoms with Crippen molar-refractivity contribution >= 4 is 11.6 Å². The Bertz CT molecular complexity index is 536. The van der Waals surface area contributed by atoms with Gasteiger partial charge < -0.3 is 10.6 Å². The highest BCUT2D eigenvalue weighted by atomic mass is 35.5. The molecule has 0 amide bonds. The molecule has 0 aliphatic rings. The highest BCUT2D eigenvalue weighted by Crippen LogP contribution is 2.22. The topological polar surface area (TPSA) is 47.1 Å². The molecule has 5 heteroatoms. The lowest BCUT2D eigenvalue weighted by atomic mass is 10.0. The van der Waals surface area contributed by atoms with Crippen LogP contribution in [0.4, 0.5) is 0 Å². The van der Waals surface area contributed by atoms with Crippen LogP contribution >= 0.6 is 11.6 Å². The van der Waals surface area contributed by atoms with E-state index in [1.807, 2.05) is 49.1 Å². The molecule has 0 fully saturated rings. The van der Waals surface area contributed by atoms with E-state index in [2.05, 4.69) is 10.00 Å². The van der Waals surface area contributed by atoms with Crippen molar-refractivity contribution in [2.75, 3.05) is 20.6 Å². The van der Waals surface area contributed by atoms with Crippen molar-refractivity contribution < 1.29 is 0 Å². The molecule has 0 aliphatic carbocycles. The molecular formula is C15H21ClN4. The summed E-state index contributed by atoms with van der Waals surface area (Å²) in [6.07, 6.45) is 2.39. The lowest BCUT2D eigenvalue weighted by Gasteiger charge is -2.15. The summed E-state index contributed by atoms with van der Waals surface area (Å²) >= 11 is 6.24. The third kappa shape index (κ3) is 3.82. The first-order chi connectivity index (χ1) is 9.58. The molecule has 0 spiro atoms. The molecule has 4 nitrogen and oxygen atoms in total. The van der Waals surface area contributed by atoms with Crippen LogP contribution in [-0.4, -0.2) is 35.3 Å². The molecule has 0 bridgehead atoms. The average Bonchev–Trinajstić information content (AvgIpc) is 2.78. The highest BCUT2D eigenvalue weighted by molar-refractivity contribution is 6.31. The van der Waals surface area contributed by atoms with Gasteiger partial charge in [-0.15, -0.1) is 0 Å². The largest absolute Gasteiger partial charge is 0.324 e. The number of nitrogens with two attached hydrogens (primary N) is 1. The SMILES string of the molecule is CN(C)CCn1ncc(Cl)c1CC(N)c1ccccc1. The number of halogens is 1. The first-order valence-corrected chi connectivity index (χ1v) is 7.11. The monoisotopic (exact) mass is 292 g/mol.